The Morgan fingerprint density at radius 2 is 1.60 bits per heavy atom. The Bertz CT molecular complexity index is 584. The molecule has 0 unspecified atom stereocenters. The van der Waals surface area contributed by atoms with Crippen LogP contribution in [0.3, 0.4) is 0 Å². The number of aliphatic carboxylic acids is 1. The lowest BCUT2D eigenvalue weighted by Crippen LogP contribution is -2.49. The van der Waals surface area contributed by atoms with Crippen molar-refractivity contribution in [2.24, 2.45) is 0 Å². The van der Waals surface area contributed by atoms with Crippen LogP contribution in [-0.2, 0) is 26.3 Å². The van der Waals surface area contributed by atoms with Gasteiger partial charge in [-0.05, 0) is 68.9 Å². The van der Waals surface area contributed by atoms with Crippen molar-refractivity contribution in [1.82, 2.24) is 0 Å². The summed E-state index contributed by atoms with van der Waals surface area (Å²) >= 11 is 0. The Morgan fingerprint density at radius 1 is 1.08 bits per heavy atom. The summed E-state index contributed by atoms with van der Waals surface area (Å²) in [4.78, 5) is 11.1. The molecule has 0 radical (unpaired) electrons. The Kier molecular flexibility index (Phi) is 5.87. The fourth-order valence-electron chi connectivity index (χ4n) is 4.17. The molecule has 4 rings (SSSR count). The standard InChI is InChI=1S/C20H28O4.ClH/c1-18(2,17(21)22)24-14-15-4-6-16(7-5-15)19-8-11-20(23-3,12-9-19)13-10-19;/h4-7H,8-14H2,1-3H3,(H,21,22);1H. The Labute approximate surface area is 156 Å². The van der Waals surface area contributed by atoms with Crippen LogP contribution >= 0.6 is 12.4 Å². The molecule has 0 heterocycles. The van der Waals surface area contributed by atoms with Crippen LogP contribution in [0.1, 0.15) is 63.5 Å². The Hall–Kier alpha value is -1.10. The van der Waals surface area contributed by atoms with Crippen molar-refractivity contribution in [2.75, 3.05) is 7.11 Å². The molecule has 2 bridgehead atoms. The van der Waals surface area contributed by atoms with E-state index in [0.29, 0.717) is 12.0 Å². The van der Waals surface area contributed by atoms with Crippen LogP contribution in [0.2, 0.25) is 0 Å². The van der Waals surface area contributed by atoms with Gasteiger partial charge < -0.3 is 14.6 Å². The Balaban J connectivity index is 0.00000225. The minimum absolute atomic E-state index is 0. The predicted octanol–water partition coefficient (Wildman–Crippen LogP) is 4.48. The summed E-state index contributed by atoms with van der Waals surface area (Å²) < 4.78 is 11.3. The van der Waals surface area contributed by atoms with E-state index in [1.165, 1.54) is 24.8 Å². The third-order valence-corrected chi connectivity index (χ3v) is 6.29. The normalized spacial score (nSPS) is 28.4. The maximum Gasteiger partial charge on any atom is 0.335 e. The molecule has 140 valence electrons. The van der Waals surface area contributed by atoms with Gasteiger partial charge in [0.05, 0.1) is 12.2 Å². The number of fused-ring (bicyclic) bond motifs is 3. The number of halogens is 1. The van der Waals surface area contributed by atoms with Crippen LogP contribution in [0.25, 0.3) is 0 Å². The number of benzene rings is 1. The van der Waals surface area contributed by atoms with Crippen molar-refractivity contribution in [2.45, 2.75) is 75.6 Å². The number of methoxy groups -OCH3 is 1. The van der Waals surface area contributed by atoms with Crippen molar-refractivity contribution in [3.8, 4) is 0 Å². The van der Waals surface area contributed by atoms with E-state index >= 15 is 0 Å². The summed E-state index contributed by atoms with van der Waals surface area (Å²) in [5, 5.41) is 9.11. The summed E-state index contributed by atoms with van der Waals surface area (Å²) in [5.74, 6) is -0.941. The van der Waals surface area contributed by atoms with E-state index < -0.39 is 11.6 Å². The molecule has 0 saturated heterocycles. The summed E-state index contributed by atoms with van der Waals surface area (Å²) in [6, 6.07) is 8.57. The molecule has 1 aromatic carbocycles. The molecule has 1 aromatic rings. The molecule has 0 atom stereocenters. The molecule has 0 spiro atoms. The monoisotopic (exact) mass is 368 g/mol. The Morgan fingerprint density at radius 3 is 2.04 bits per heavy atom. The highest BCUT2D eigenvalue weighted by Gasteiger charge is 2.49. The zero-order chi connectivity index (χ0) is 17.4. The van der Waals surface area contributed by atoms with Gasteiger partial charge in [-0.15, -0.1) is 12.4 Å². The lowest BCUT2D eigenvalue weighted by atomic mass is 9.56. The van der Waals surface area contributed by atoms with E-state index in [0.717, 1.165) is 24.8 Å². The zero-order valence-electron chi connectivity index (χ0n) is 15.3. The molecule has 3 fully saturated rings. The molecular formula is C20H29ClO4. The first-order chi connectivity index (χ1) is 11.3. The molecule has 5 heteroatoms. The maximum atomic E-state index is 11.1. The van der Waals surface area contributed by atoms with Crippen LogP contribution < -0.4 is 0 Å². The molecule has 3 aliphatic rings. The quantitative estimate of drug-likeness (QED) is 0.804. The molecule has 1 N–H and O–H groups in total. The van der Waals surface area contributed by atoms with E-state index in [1.807, 2.05) is 7.11 Å². The molecule has 0 aromatic heterocycles. The summed E-state index contributed by atoms with van der Waals surface area (Å²) in [6.45, 7) is 3.48. The van der Waals surface area contributed by atoms with Crippen molar-refractivity contribution < 1.29 is 19.4 Å². The number of carboxylic acids is 1. The second-order valence-corrected chi connectivity index (χ2v) is 7.97. The van der Waals surface area contributed by atoms with Gasteiger partial charge in [0, 0.05) is 7.11 Å². The van der Waals surface area contributed by atoms with Crippen LogP contribution in [-0.4, -0.2) is 29.4 Å². The average molecular weight is 369 g/mol. The van der Waals surface area contributed by atoms with Crippen molar-refractivity contribution in [1.29, 1.82) is 0 Å². The molecule has 3 aliphatic carbocycles. The lowest BCUT2D eigenvalue weighted by molar-refractivity contribution is -0.162. The summed E-state index contributed by atoms with van der Waals surface area (Å²) in [7, 11) is 1.85. The minimum atomic E-state index is -1.16. The van der Waals surface area contributed by atoms with E-state index in [4.69, 9.17) is 14.6 Å². The molecule has 0 amide bonds. The SMILES string of the molecule is COC12CCC(c3ccc(COC(C)(C)C(=O)O)cc3)(CC1)CC2.Cl. The third-order valence-electron chi connectivity index (χ3n) is 6.29. The number of carboxylic acid groups (broad SMARTS) is 1. The minimum Gasteiger partial charge on any atom is -0.479 e. The first-order valence-corrected chi connectivity index (χ1v) is 8.83. The topological polar surface area (TPSA) is 55.8 Å². The zero-order valence-corrected chi connectivity index (χ0v) is 16.2. The highest BCUT2D eigenvalue weighted by molar-refractivity contribution is 5.85. The van der Waals surface area contributed by atoms with E-state index in [-0.39, 0.29) is 18.0 Å². The second kappa shape index (κ2) is 7.26. The summed E-state index contributed by atoms with van der Waals surface area (Å²) in [6.07, 6.45) is 7.05. The number of hydrogen-bond acceptors (Lipinski definition) is 3. The smallest absolute Gasteiger partial charge is 0.335 e. The molecular weight excluding hydrogens is 340 g/mol. The van der Waals surface area contributed by atoms with E-state index in [9.17, 15) is 4.79 Å². The predicted molar refractivity (Wildman–Crippen MR) is 99.3 cm³/mol. The van der Waals surface area contributed by atoms with Crippen molar-refractivity contribution in [3.05, 3.63) is 35.4 Å². The lowest BCUT2D eigenvalue weighted by Gasteiger charge is -2.53. The van der Waals surface area contributed by atoms with Crippen LogP contribution in [0.5, 0.6) is 0 Å². The van der Waals surface area contributed by atoms with Gasteiger partial charge in [-0.1, -0.05) is 24.3 Å². The first kappa shape index (κ1) is 20.2. The van der Waals surface area contributed by atoms with Gasteiger partial charge in [-0.2, -0.15) is 0 Å². The first-order valence-electron chi connectivity index (χ1n) is 8.83. The molecule has 0 aliphatic heterocycles. The van der Waals surface area contributed by atoms with Gasteiger partial charge in [-0.25, -0.2) is 4.79 Å². The molecule has 4 nitrogen and oxygen atoms in total. The van der Waals surface area contributed by atoms with Gasteiger partial charge in [0.15, 0.2) is 5.60 Å². The number of carbonyl (C=O) groups is 1. The maximum absolute atomic E-state index is 11.1. The molecule has 3 saturated carbocycles. The second-order valence-electron chi connectivity index (χ2n) is 7.97. The van der Waals surface area contributed by atoms with Crippen molar-refractivity contribution in [3.63, 3.8) is 0 Å². The van der Waals surface area contributed by atoms with Gasteiger partial charge in [0.1, 0.15) is 0 Å². The van der Waals surface area contributed by atoms with E-state index in [2.05, 4.69) is 24.3 Å². The number of rotatable bonds is 6. The average Bonchev–Trinajstić information content (AvgIpc) is 2.62. The van der Waals surface area contributed by atoms with Gasteiger partial charge in [0.25, 0.3) is 0 Å². The van der Waals surface area contributed by atoms with Crippen LogP contribution in [0.15, 0.2) is 24.3 Å². The fourth-order valence-corrected chi connectivity index (χ4v) is 4.17. The van der Waals surface area contributed by atoms with Gasteiger partial charge in [-0.3, -0.25) is 0 Å². The highest BCUT2D eigenvalue weighted by Crippen LogP contribution is 2.54. The largest absolute Gasteiger partial charge is 0.479 e. The number of hydrogen-bond donors (Lipinski definition) is 1. The molecule has 25 heavy (non-hydrogen) atoms. The summed E-state index contributed by atoms with van der Waals surface area (Å²) in [5.41, 5.74) is 1.71. The van der Waals surface area contributed by atoms with Gasteiger partial charge in [0.2, 0.25) is 0 Å². The number of ether oxygens (including phenoxy) is 2. The van der Waals surface area contributed by atoms with E-state index in [1.54, 1.807) is 13.8 Å². The van der Waals surface area contributed by atoms with Crippen molar-refractivity contribution >= 4 is 18.4 Å². The highest BCUT2D eigenvalue weighted by atomic mass is 35.5. The third kappa shape index (κ3) is 3.86. The van der Waals surface area contributed by atoms with Crippen LogP contribution in [0, 0.1) is 0 Å². The van der Waals surface area contributed by atoms with Crippen LogP contribution in [0.4, 0.5) is 0 Å². The van der Waals surface area contributed by atoms with Gasteiger partial charge >= 0.3 is 5.97 Å². The fraction of sp³-hybridized carbons (Fsp3) is 0.650.